The summed E-state index contributed by atoms with van der Waals surface area (Å²) >= 11 is 0. The minimum Gasteiger partial charge on any atom is -0.319 e. The van der Waals surface area contributed by atoms with Crippen LogP contribution in [0.15, 0.2) is 0 Å². The maximum atomic E-state index is 11.9. The third-order valence-corrected chi connectivity index (χ3v) is 4.14. The molecule has 4 rings (SSSR count). The second-order valence-electron chi connectivity index (χ2n) is 5.26. The fourth-order valence-electron chi connectivity index (χ4n) is 3.68. The molecule has 0 heterocycles. The average molecular weight is 194 g/mol. The van der Waals surface area contributed by atoms with Crippen LogP contribution in [0.5, 0.6) is 0 Å². The first-order chi connectivity index (χ1) is 6.45. The van der Waals surface area contributed by atoms with E-state index in [-0.39, 0.29) is 23.4 Å². The van der Waals surface area contributed by atoms with Crippen molar-refractivity contribution in [2.75, 3.05) is 0 Å². The summed E-state index contributed by atoms with van der Waals surface area (Å²) in [5, 5.41) is 0. The lowest BCUT2D eigenvalue weighted by atomic mass is 9.49. The van der Waals surface area contributed by atoms with Crippen LogP contribution in [0, 0.1) is 11.8 Å². The van der Waals surface area contributed by atoms with Gasteiger partial charge in [-0.3, -0.25) is 9.59 Å². The van der Waals surface area contributed by atoms with E-state index >= 15 is 0 Å². The highest BCUT2D eigenvalue weighted by Gasteiger charge is 2.64. The Morgan fingerprint density at radius 3 is 1.79 bits per heavy atom. The van der Waals surface area contributed by atoms with Crippen molar-refractivity contribution in [2.24, 2.45) is 23.3 Å². The molecule has 0 radical (unpaired) electrons. The second-order valence-corrected chi connectivity index (χ2v) is 5.26. The van der Waals surface area contributed by atoms with Gasteiger partial charge < -0.3 is 11.5 Å². The zero-order valence-corrected chi connectivity index (χ0v) is 7.95. The van der Waals surface area contributed by atoms with Crippen molar-refractivity contribution in [2.45, 2.75) is 36.8 Å². The number of Topliss-reactive ketones (excluding diaryl/α,β-unsaturated/α-hetero) is 2. The molecule has 0 unspecified atom stereocenters. The number of ketones is 2. The molecule has 4 atom stereocenters. The van der Waals surface area contributed by atoms with Crippen molar-refractivity contribution >= 4 is 11.6 Å². The van der Waals surface area contributed by atoms with E-state index in [0.717, 1.165) is 0 Å². The van der Waals surface area contributed by atoms with Crippen LogP contribution in [0.3, 0.4) is 0 Å². The van der Waals surface area contributed by atoms with Crippen molar-refractivity contribution in [3.05, 3.63) is 0 Å². The van der Waals surface area contributed by atoms with E-state index in [2.05, 4.69) is 0 Å². The van der Waals surface area contributed by atoms with E-state index in [9.17, 15) is 9.59 Å². The first-order valence-electron chi connectivity index (χ1n) is 5.11. The smallest absolute Gasteiger partial charge is 0.155 e. The molecule has 76 valence electrons. The van der Waals surface area contributed by atoms with Gasteiger partial charge in [-0.25, -0.2) is 0 Å². The molecule has 4 aliphatic carbocycles. The monoisotopic (exact) mass is 194 g/mol. The molecule has 14 heavy (non-hydrogen) atoms. The maximum Gasteiger partial charge on any atom is 0.155 e. The predicted octanol–water partition coefficient (Wildman–Crippen LogP) is -0.647. The molecule has 0 spiro atoms. The Balaban J connectivity index is 2.11. The van der Waals surface area contributed by atoms with Gasteiger partial charge in [-0.15, -0.1) is 0 Å². The van der Waals surface area contributed by atoms with E-state index in [4.69, 9.17) is 11.5 Å². The molecular weight excluding hydrogens is 180 g/mol. The Hall–Kier alpha value is -0.740. The number of hydrogen-bond acceptors (Lipinski definition) is 4. The fraction of sp³-hybridized carbons (Fsp3) is 0.800. The summed E-state index contributed by atoms with van der Waals surface area (Å²) in [4.78, 5) is 23.7. The van der Waals surface area contributed by atoms with Gasteiger partial charge in [0, 0.05) is 11.8 Å². The quantitative estimate of drug-likeness (QED) is 0.536. The van der Waals surface area contributed by atoms with Crippen molar-refractivity contribution in [3.63, 3.8) is 0 Å². The zero-order valence-electron chi connectivity index (χ0n) is 7.95. The van der Waals surface area contributed by atoms with Crippen LogP contribution in [-0.2, 0) is 9.59 Å². The molecule has 0 aromatic rings. The first-order valence-corrected chi connectivity index (χ1v) is 5.11. The van der Waals surface area contributed by atoms with Gasteiger partial charge in [0.1, 0.15) is 0 Å². The lowest BCUT2D eigenvalue weighted by Gasteiger charge is -2.56. The number of nitrogens with two attached hydrogens (primary N) is 2. The predicted molar refractivity (Wildman–Crippen MR) is 49.3 cm³/mol. The van der Waals surface area contributed by atoms with Gasteiger partial charge in [0.05, 0.1) is 11.1 Å². The molecule has 4 nitrogen and oxygen atoms in total. The van der Waals surface area contributed by atoms with Crippen LogP contribution in [0.4, 0.5) is 0 Å². The highest BCUT2D eigenvalue weighted by molar-refractivity contribution is 6.03. The average Bonchev–Trinajstić information content (AvgIpc) is 2.06. The summed E-state index contributed by atoms with van der Waals surface area (Å²) in [6.45, 7) is 0. The molecule has 0 amide bonds. The van der Waals surface area contributed by atoms with Gasteiger partial charge >= 0.3 is 0 Å². The van der Waals surface area contributed by atoms with Gasteiger partial charge in [0.25, 0.3) is 0 Å². The van der Waals surface area contributed by atoms with E-state index < -0.39 is 11.1 Å². The summed E-state index contributed by atoms with van der Waals surface area (Å²) in [5.74, 6) is 0.190. The summed E-state index contributed by atoms with van der Waals surface area (Å²) in [6.07, 6.45) is 2.11. The summed E-state index contributed by atoms with van der Waals surface area (Å²) in [6, 6.07) is 0. The molecule has 0 aromatic carbocycles. The van der Waals surface area contributed by atoms with E-state index in [1.807, 2.05) is 0 Å². The number of carbonyl (C=O) groups is 2. The Morgan fingerprint density at radius 1 is 1.00 bits per heavy atom. The van der Waals surface area contributed by atoms with Crippen LogP contribution in [0.2, 0.25) is 0 Å². The Labute approximate surface area is 82.0 Å². The molecule has 4 fully saturated rings. The number of rotatable bonds is 0. The highest BCUT2D eigenvalue weighted by atomic mass is 16.1. The lowest BCUT2D eigenvalue weighted by molar-refractivity contribution is -0.155. The standard InChI is InChI=1S/C10H14N2O2/c11-9-2-5-1-6(8(9)14)3-10(12,4-9)7(5)13/h5-6H,1-4,11-12H2/t5-,6+,9-,10-/m1/s1. The van der Waals surface area contributed by atoms with Gasteiger partial charge in [0.15, 0.2) is 11.6 Å². The molecule has 4 heteroatoms. The molecule has 0 aromatic heterocycles. The van der Waals surface area contributed by atoms with Crippen molar-refractivity contribution < 1.29 is 9.59 Å². The maximum absolute atomic E-state index is 11.9. The second kappa shape index (κ2) is 2.09. The number of carbonyl (C=O) groups excluding carboxylic acids is 2. The lowest BCUT2D eigenvalue weighted by Crippen LogP contribution is -2.74. The van der Waals surface area contributed by atoms with E-state index in [1.54, 1.807) is 0 Å². The fourth-order valence-corrected chi connectivity index (χ4v) is 3.68. The number of hydrogen-bond donors (Lipinski definition) is 2. The van der Waals surface area contributed by atoms with Crippen LogP contribution < -0.4 is 11.5 Å². The largest absolute Gasteiger partial charge is 0.319 e. The van der Waals surface area contributed by atoms with Crippen molar-refractivity contribution in [1.82, 2.24) is 0 Å². The third kappa shape index (κ3) is 0.769. The Morgan fingerprint density at radius 2 is 1.43 bits per heavy atom. The Bertz CT molecular complexity index is 322. The minimum atomic E-state index is -0.783. The van der Waals surface area contributed by atoms with Crippen LogP contribution in [-0.4, -0.2) is 22.6 Å². The molecule has 4 N–H and O–H groups in total. The molecule has 0 aliphatic heterocycles. The van der Waals surface area contributed by atoms with Crippen LogP contribution >= 0.6 is 0 Å². The van der Waals surface area contributed by atoms with Gasteiger partial charge in [-0.05, 0) is 25.7 Å². The topological polar surface area (TPSA) is 86.2 Å². The molecule has 0 saturated heterocycles. The zero-order chi connectivity index (χ0) is 10.1. The van der Waals surface area contributed by atoms with Gasteiger partial charge in [-0.1, -0.05) is 0 Å². The van der Waals surface area contributed by atoms with E-state index in [0.29, 0.717) is 25.7 Å². The SMILES string of the molecule is N[C@]12C[C@@H]3C[C@H](C[C@@](N)(C1)C3=O)C2=O. The van der Waals surface area contributed by atoms with E-state index in [1.165, 1.54) is 0 Å². The molecule has 4 aliphatic rings. The van der Waals surface area contributed by atoms with Crippen LogP contribution in [0.25, 0.3) is 0 Å². The summed E-state index contributed by atoms with van der Waals surface area (Å²) < 4.78 is 0. The normalized spacial score (nSPS) is 55.6. The molecule has 4 saturated carbocycles. The van der Waals surface area contributed by atoms with Crippen molar-refractivity contribution in [1.29, 1.82) is 0 Å². The minimum absolute atomic E-state index is 0.0461. The van der Waals surface area contributed by atoms with Crippen molar-refractivity contribution in [3.8, 4) is 0 Å². The highest BCUT2D eigenvalue weighted by Crippen LogP contribution is 2.51. The van der Waals surface area contributed by atoms with Crippen LogP contribution in [0.1, 0.15) is 25.7 Å². The third-order valence-electron chi connectivity index (χ3n) is 4.14. The first kappa shape index (κ1) is 8.56. The molecule has 4 bridgehead atoms. The Kier molecular flexibility index (Phi) is 1.28. The summed E-state index contributed by atoms with van der Waals surface area (Å²) in [5.41, 5.74) is 10.5. The molecular formula is C10H14N2O2. The summed E-state index contributed by atoms with van der Waals surface area (Å²) in [7, 11) is 0. The van der Waals surface area contributed by atoms with Gasteiger partial charge in [-0.2, -0.15) is 0 Å². The van der Waals surface area contributed by atoms with Gasteiger partial charge in [0.2, 0.25) is 0 Å².